The molecule has 1 N–H and O–H groups in total. The van der Waals surface area contributed by atoms with E-state index in [1.165, 1.54) is 28.9 Å². The molecule has 0 bridgehead atoms. The van der Waals surface area contributed by atoms with Crippen molar-refractivity contribution in [1.82, 2.24) is 0 Å². The van der Waals surface area contributed by atoms with Gasteiger partial charge in [0.1, 0.15) is 5.82 Å². The van der Waals surface area contributed by atoms with Crippen LogP contribution in [0.15, 0.2) is 76.3 Å². The first kappa shape index (κ1) is 19.9. The number of dihydropyridines is 1. The van der Waals surface area contributed by atoms with Gasteiger partial charge < -0.3 is 9.84 Å². The molecule has 5 heteroatoms. The van der Waals surface area contributed by atoms with Crippen molar-refractivity contribution in [2.75, 3.05) is 6.61 Å². The fourth-order valence-corrected chi connectivity index (χ4v) is 5.02. The maximum atomic E-state index is 13.3. The Labute approximate surface area is 180 Å². The summed E-state index contributed by atoms with van der Waals surface area (Å²) in [6, 6.07) is 13.8. The average Bonchev–Trinajstić information content (AvgIpc) is 3.19. The molecule has 2 aliphatic heterocycles. The summed E-state index contributed by atoms with van der Waals surface area (Å²) in [5, 5.41) is 9.49. The highest BCUT2D eigenvalue weighted by molar-refractivity contribution is 5.89. The number of hydrogen-bond acceptors (Lipinski definition) is 3. The lowest BCUT2D eigenvalue weighted by molar-refractivity contribution is 0.0177. The Hall–Kier alpha value is -3.05. The van der Waals surface area contributed by atoms with Gasteiger partial charge in [0.2, 0.25) is 0 Å². The van der Waals surface area contributed by atoms with Gasteiger partial charge in [0.25, 0.3) is 0 Å². The summed E-state index contributed by atoms with van der Waals surface area (Å²) in [5.41, 5.74) is 5.62. The smallest absolute Gasteiger partial charge is 0.335 e. The predicted octanol–water partition coefficient (Wildman–Crippen LogP) is 5.46. The lowest BCUT2D eigenvalue weighted by Crippen LogP contribution is -2.34. The van der Waals surface area contributed by atoms with E-state index in [0.29, 0.717) is 18.6 Å². The van der Waals surface area contributed by atoms with E-state index in [1.54, 1.807) is 12.1 Å². The van der Waals surface area contributed by atoms with E-state index < -0.39 is 5.97 Å². The highest BCUT2D eigenvalue weighted by Gasteiger charge is 2.43. The molecule has 0 aromatic heterocycles. The molecule has 31 heavy (non-hydrogen) atoms. The molecule has 0 radical (unpaired) electrons. The molecule has 2 aromatic rings. The fourth-order valence-electron chi connectivity index (χ4n) is 5.02. The van der Waals surface area contributed by atoms with E-state index in [9.17, 15) is 14.3 Å². The van der Waals surface area contributed by atoms with E-state index in [1.807, 2.05) is 30.5 Å². The number of aliphatic imine (C=N–C) groups is 1. The number of benzene rings is 2. The van der Waals surface area contributed by atoms with Crippen molar-refractivity contribution in [3.05, 3.63) is 93.8 Å². The van der Waals surface area contributed by atoms with Crippen LogP contribution in [-0.4, -0.2) is 29.5 Å². The normalized spacial score (nSPS) is 24.5. The summed E-state index contributed by atoms with van der Waals surface area (Å²) < 4.78 is 19.6. The zero-order chi connectivity index (χ0) is 21.4. The molecule has 0 spiro atoms. The number of carbonyl (C=O) groups is 1. The lowest BCUT2D eigenvalue weighted by Gasteiger charge is -2.36. The molecule has 1 fully saturated rings. The summed E-state index contributed by atoms with van der Waals surface area (Å²) in [6.07, 6.45) is 8.09. The minimum Gasteiger partial charge on any atom is -0.478 e. The SMILES string of the molecule is O=C(O)c1ccccc1CCC12CC3=C(C=C1CCO2)CC(c1ccc(F)cc1)N=C3. The van der Waals surface area contributed by atoms with Crippen molar-refractivity contribution in [3.63, 3.8) is 0 Å². The summed E-state index contributed by atoms with van der Waals surface area (Å²) in [6.45, 7) is 0.686. The van der Waals surface area contributed by atoms with E-state index in [2.05, 4.69) is 6.08 Å². The van der Waals surface area contributed by atoms with Gasteiger partial charge in [0.05, 0.1) is 23.8 Å². The number of hydrogen-bond donors (Lipinski definition) is 1. The zero-order valence-electron chi connectivity index (χ0n) is 17.2. The Morgan fingerprint density at radius 3 is 2.77 bits per heavy atom. The lowest BCUT2D eigenvalue weighted by atomic mass is 9.74. The minimum absolute atomic E-state index is 0.00784. The molecule has 158 valence electrons. The van der Waals surface area contributed by atoms with Crippen molar-refractivity contribution in [2.24, 2.45) is 4.99 Å². The summed E-state index contributed by atoms with van der Waals surface area (Å²) in [5.74, 6) is -1.13. The van der Waals surface area contributed by atoms with Crippen LogP contribution in [0.4, 0.5) is 4.39 Å². The summed E-state index contributed by atoms with van der Waals surface area (Å²) in [7, 11) is 0. The number of aryl methyl sites for hydroxylation is 1. The second-order valence-electron chi connectivity index (χ2n) is 8.50. The van der Waals surface area contributed by atoms with Gasteiger partial charge in [-0.1, -0.05) is 36.4 Å². The predicted molar refractivity (Wildman–Crippen MR) is 117 cm³/mol. The number of aromatic carboxylic acids is 1. The molecule has 1 saturated heterocycles. The van der Waals surface area contributed by atoms with E-state index >= 15 is 0 Å². The average molecular weight is 417 g/mol. The van der Waals surface area contributed by atoms with Gasteiger partial charge in [-0.25, -0.2) is 9.18 Å². The molecule has 3 aliphatic rings. The second kappa shape index (κ2) is 7.89. The maximum Gasteiger partial charge on any atom is 0.335 e. The third-order valence-corrected chi connectivity index (χ3v) is 6.70. The minimum atomic E-state index is -0.893. The third kappa shape index (κ3) is 3.74. The summed E-state index contributed by atoms with van der Waals surface area (Å²) in [4.78, 5) is 16.3. The summed E-state index contributed by atoms with van der Waals surface area (Å²) >= 11 is 0. The Morgan fingerprint density at radius 2 is 1.97 bits per heavy atom. The van der Waals surface area contributed by atoms with E-state index in [0.717, 1.165) is 36.8 Å². The first-order chi connectivity index (χ1) is 15.0. The van der Waals surface area contributed by atoms with Gasteiger partial charge in [0, 0.05) is 12.6 Å². The molecule has 2 unspecified atom stereocenters. The van der Waals surface area contributed by atoms with Crippen LogP contribution in [0.5, 0.6) is 0 Å². The molecule has 0 amide bonds. The van der Waals surface area contributed by atoms with Crippen molar-refractivity contribution < 1.29 is 19.0 Å². The number of fused-ring (bicyclic) bond motifs is 1. The molecule has 0 saturated carbocycles. The van der Waals surface area contributed by atoms with Crippen LogP contribution >= 0.6 is 0 Å². The fraction of sp³-hybridized carbons (Fsp3) is 0.308. The molecule has 2 atom stereocenters. The number of rotatable bonds is 5. The Morgan fingerprint density at radius 1 is 1.16 bits per heavy atom. The monoisotopic (exact) mass is 417 g/mol. The number of allylic oxidation sites excluding steroid dienone is 1. The Bertz CT molecular complexity index is 1120. The van der Waals surface area contributed by atoms with Crippen molar-refractivity contribution in [1.29, 1.82) is 0 Å². The van der Waals surface area contributed by atoms with Gasteiger partial charge in [-0.3, -0.25) is 4.99 Å². The highest BCUT2D eigenvalue weighted by Crippen LogP contribution is 2.47. The zero-order valence-corrected chi connectivity index (χ0v) is 17.2. The highest BCUT2D eigenvalue weighted by atomic mass is 19.1. The van der Waals surface area contributed by atoms with Gasteiger partial charge in [-0.2, -0.15) is 0 Å². The number of halogens is 1. The number of carboxylic acid groups (broad SMARTS) is 1. The molecule has 2 aromatic carbocycles. The van der Waals surface area contributed by atoms with Crippen molar-refractivity contribution in [3.8, 4) is 0 Å². The molecule has 5 rings (SSSR count). The standard InChI is InChI=1S/C26H24FNO3/c27-22-7-5-18(6-8-22)24-14-19-13-21-10-12-31-26(21,15-20(19)16-28-24)11-9-17-3-1-2-4-23(17)25(29)30/h1-8,13,16,24H,9-12,14-15H2,(H,29,30). The Kier molecular flexibility index (Phi) is 5.06. The first-order valence-electron chi connectivity index (χ1n) is 10.7. The number of ether oxygens (including phenoxy) is 1. The third-order valence-electron chi connectivity index (χ3n) is 6.70. The van der Waals surface area contributed by atoms with Crippen LogP contribution in [0.25, 0.3) is 0 Å². The first-order valence-corrected chi connectivity index (χ1v) is 10.7. The van der Waals surface area contributed by atoms with Crippen LogP contribution in [0.2, 0.25) is 0 Å². The van der Waals surface area contributed by atoms with Crippen LogP contribution in [0.3, 0.4) is 0 Å². The van der Waals surface area contributed by atoms with E-state index in [4.69, 9.17) is 9.73 Å². The van der Waals surface area contributed by atoms with Crippen LogP contribution in [-0.2, 0) is 11.2 Å². The van der Waals surface area contributed by atoms with Crippen LogP contribution in [0.1, 0.15) is 53.2 Å². The Balaban J connectivity index is 1.36. The maximum absolute atomic E-state index is 13.3. The van der Waals surface area contributed by atoms with Gasteiger partial charge >= 0.3 is 5.97 Å². The molecule has 4 nitrogen and oxygen atoms in total. The second-order valence-corrected chi connectivity index (χ2v) is 8.50. The van der Waals surface area contributed by atoms with Crippen LogP contribution in [0, 0.1) is 5.82 Å². The molecule has 2 heterocycles. The number of carboxylic acids is 1. The van der Waals surface area contributed by atoms with Gasteiger partial charge in [0.15, 0.2) is 0 Å². The van der Waals surface area contributed by atoms with Gasteiger partial charge in [-0.15, -0.1) is 0 Å². The van der Waals surface area contributed by atoms with Crippen molar-refractivity contribution in [2.45, 2.75) is 43.7 Å². The molecular weight excluding hydrogens is 393 g/mol. The van der Waals surface area contributed by atoms with Gasteiger partial charge in [-0.05, 0) is 71.7 Å². The van der Waals surface area contributed by atoms with E-state index in [-0.39, 0.29) is 17.5 Å². The van der Waals surface area contributed by atoms with Crippen molar-refractivity contribution >= 4 is 12.2 Å². The largest absolute Gasteiger partial charge is 0.478 e. The quantitative estimate of drug-likeness (QED) is 0.703. The van der Waals surface area contributed by atoms with Crippen LogP contribution < -0.4 is 0 Å². The molecule has 1 aliphatic carbocycles. The molecular formula is C26H24FNO3. The number of nitrogens with zero attached hydrogens (tertiary/aromatic N) is 1. The topological polar surface area (TPSA) is 58.9 Å².